The molecule has 0 radical (unpaired) electrons. The highest BCUT2D eigenvalue weighted by atomic mass is 16.5. The van der Waals surface area contributed by atoms with Gasteiger partial charge in [0.25, 0.3) is 0 Å². The number of hydrogen-bond donors (Lipinski definition) is 0. The molecule has 0 bridgehead atoms. The molecule has 0 aliphatic carbocycles. The Morgan fingerprint density at radius 3 is 1.43 bits per heavy atom. The first kappa shape index (κ1) is 29.2. The summed E-state index contributed by atoms with van der Waals surface area (Å²) in [7, 11) is 0. The van der Waals surface area contributed by atoms with Crippen LogP contribution < -0.4 is 0 Å². The number of carbonyl (C=O) groups excluding carboxylic acids is 1. The fourth-order valence-electron chi connectivity index (χ4n) is 4.37. The van der Waals surface area contributed by atoms with E-state index in [1.165, 1.54) is 122 Å². The van der Waals surface area contributed by atoms with Gasteiger partial charge in [-0.2, -0.15) is 0 Å². The number of esters is 1. The molecule has 30 heavy (non-hydrogen) atoms. The molecular formula is C27H54NO2+. The van der Waals surface area contributed by atoms with Gasteiger partial charge in [0.2, 0.25) is 0 Å². The Kier molecular flexibility index (Phi) is 20.8. The van der Waals surface area contributed by atoms with Crippen molar-refractivity contribution in [3.63, 3.8) is 0 Å². The van der Waals surface area contributed by atoms with Crippen LogP contribution in [-0.4, -0.2) is 43.2 Å². The van der Waals surface area contributed by atoms with Crippen LogP contribution >= 0.6 is 0 Å². The van der Waals surface area contributed by atoms with Crippen molar-refractivity contribution in [1.29, 1.82) is 0 Å². The zero-order chi connectivity index (χ0) is 22.3. The van der Waals surface area contributed by atoms with E-state index in [0.717, 1.165) is 17.6 Å². The van der Waals surface area contributed by atoms with Crippen LogP contribution in [0.15, 0.2) is 12.7 Å². The van der Waals surface area contributed by atoms with Crippen molar-refractivity contribution in [3.8, 4) is 0 Å². The summed E-state index contributed by atoms with van der Waals surface area (Å²) in [5, 5.41) is 0. The average molecular weight is 425 g/mol. The number of hydrogen-bond acceptors (Lipinski definition) is 2. The molecule has 3 nitrogen and oxygen atoms in total. The van der Waals surface area contributed by atoms with Crippen molar-refractivity contribution in [2.45, 2.75) is 124 Å². The lowest BCUT2D eigenvalue weighted by Gasteiger charge is -2.38. The van der Waals surface area contributed by atoms with Gasteiger partial charge >= 0.3 is 5.97 Å². The van der Waals surface area contributed by atoms with Gasteiger partial charge in [-0.15, -0.1) is 0 Å². The summed E-state index contributed by atoms with van der Waals surface area (Å²) in [4.78, 5) is 11.4. The van der Waals surface area contributed by atoms with Gasteiger partial charge in [-0.1, -0.05) is 97.5 Å². The number of unbranched alkanes of at least 4 members (excludes halogenated alkanes) is 14. The normalized spacial score (nSPS) is 13.2. The van der Waals surface area contributed by atoms with Gasteiger partial charge in [-0.3, -0.25) is 0 Å². The van der Waals surface area contributed by atoms with Crippen LogP contribution in [0.4, 0.5) is 0 Å². The molecule has 0 aromatic carbocycles. The molecule has 0 saturated carbocycles. The van der Waals surface area contributed by atoms with Crippen molar-refractivity contribution < 1.29 is 14.0 Å². The third-order valence-electron chi connectivity index (χ3n) is 6.62. The molecule has 0 rings (SSSR count). The van der Waals surface area contributed by atoms with Crippen molar-refractivity contribution >= 4 is 5.97 Å². The molecule has 178 valence electrons. The SMILES string of the molecule is C=CC(=O)OCC[N+](CC)(CCCCCCCC)CCCCCCCCCCCC. The largest absolute Gasteiger partial charge is 0.457 e. The second-order valence-corrected chi connectivity index (χ2v) is 9.15. The van der Waals surface area contributed by atoms with E-state index in [-0.39, 0.29) is 5.97 Å². The molecule has 0 aliphatic heterocycles. The van der Waals surface area contributed by atoms with E-state index < -0.39 is 0 Å². The zero-order valence-electron chi connectivity index (χ0n) is 20.9. The van der Waals surface area contributed by atoms with E-state index in [2.05, 4.69) is 27.4 Å². The highest BCUT2D eigenvalue weighted by molar-refractivity contribution is 5.81. The van der Waals surface area contributed by atoms with Crippen LogP contribution in [-0.2, 0) is 9.53 Å². The lowest BCUT2D eigenvalue weighted by Crippen LogP contribution is -2.51. The Morgan fingerprint density at radius 2 is 1.07 bits per heavy atom. The van der Waals surface area contributed by atoms with Crippen LogP contribution in [0.5, 0.6) is 0 Å². The number of carbonyl (C=O) groups is 1. The van der Waals surface area contributed by atoms with Crippen molar-refractivity contribution in [2.75, 3.05) is 32.8 Å². The summed E-state index contributed by atoms with van der Waals surface area (Å²) in [5.74, 6) is -0.289. The van der Waals surface area contributed by atoms with Gasteiger partial charge in [0.1, 0.15) is 13.2 Å². The minimum atomic E-state index is -0.289. The molecule has 3 heteroatoms. The van der Waals surface area contributed by atoms with E-state index in [0.29, 0.717) is 6.61 Å². The molecule has 0 aliphatic rings. The summed E-state index contributed by atoms with van der Waals surface area (Å²) >= 11 is 0. The van der Waals surface area contributed by atoms with Crippen LogP contribution in [0, 0.1) is 0 Å². The first-order chi connectivity index (χ1) is 14.6. The molecule has 0 fully saturated rings. The van der Waals surface area contributed by atoms with E-state index in [9.17, 15) is 4.79 Å². The average Bonchev–Trinajstić information content (AvgIpc) is 2.76. The van der Waals surface area contributed by atoms with Gasteiger partial charge in [0, 0.05) is 6.08 Å². The molecule has 1 unspecified atom stereocenters. The van der Waals surface area contributed by atoms with Crippen LogP contribution in [0.2, 0.25) is 0 Å². The minimum Gasteiger partial charge on any atom is -0.457 e. The standard InChI is InChI=1S/C27H54NO2/c1-5-9-11-13-15-16-17-18-20-22-24-28(8-4,25-26-30-27(29)7-3)23-21-19-14-12-10-6-2/h7H,3,5-6,8-26H2,1-2,4H3/q+1. The predicted molar refractivity (Wildman–Crippen MR) is 132 cm³/mol. The maximum atomic E-state index is 11.4. The van der Waals surface area contributed by atoms with E-state index in [1.54, 1.807) is 0 Å². The number of quaternary nitrogens is 1. The molecular weight excluding hydrogens is 370 g/mol. The molecule has 0 saturated heterocycles. The van der Waals surface area contributed by atoms with E-state index in [4.69, 9.17) is 4.74 Å². The smallest absolute Gasteiger partial charge is 0.330 e. The Balaban J connectivity index is 4.21. The molecule has 0 spiro atoms. The fraction of sp³-hybridized carbons (Fsp3) is 0.889. The minimum absolute atomic E-state index is 0.289. The summed E-state index contributed by atoms with van der Waals surface area (Å²) in [5.41, 5.74) is 0. The first-order valence-electron chi connectivity index (χ1n) is 13.3. The van der Waals surface area contributed by atoms with Crippen LogP contribution in [0.3, 0.4) is 0 Å². The van der Waals surface area contributed by atoms with Crippen molar-refractivity contribution in [2.24, 2.45) is 0 Å². The van der Waals surface area contributed by atoms with Gasteiger partial charge < -0.3 is 9.22 Å². The molecule has 0 amide bonds. The van der Waals surface area contributed by atoms with Gasteiger partial charge in [0.05, 0.1) is 19.6 Å². The molecule has 0 aromatic heterocycles. The number of likely N-dealkylation sites (N-methyl/N-ethyl adjacent to an activating group) is 1. The highest BCUT2D eigenvalue weighted by Gasteiger charge is 2.24. The summed E-state index contributed by atoms with van der Waals surface area (Å²) in [6.07, 6.45) is 23.1. The topological polar surface area (TPSA) is 26.3 Å². The van der Waals surface area contributed by atoms with Gasteiger partial charge in [-0.05, 0) is 32.6 Å². The fourth-order valence-corrected chi connectivity index (χ4v) is 4.37. The number of rotatable bonds is 23. The number of ether oxygens (including phenoxy) is 1. The lowest BCUT2D eigenvalue weighted by molar-refractivity contribution is -0.927. The third kappa shape index (κ3) is 16.9. The van der Waals surface area contributed by atoms with Crippen LogP contribution in [0.1, 0.15) is 124 Å². The Bertz CT molecular complexity index is 396. The Morgan fingerprint density at radius 1 is 0.667 bits per heavy atom. The third-order valence-corrected chi connectivity index (χ3v) is 6.62. The number of nitrogens with zero attached hydrogens (tertiary/aromatic N) is 1. The van der Waals surface area contributed by atoms with Crippen molar-refractivity contribution in [1.82, 2.24) is 0 Å². The second kappa shape index (κ2) is 21.4. The summed E-state index contributed by atoms with van der Waals surface area (Å²) in [6, 6.07) is 0. The second-order valence-electron chi connectivity index (χ2n) is 9.15. The Labute approximate surface area is 189 Å². The molecule has 0 heterocycles. The quantitative estimate of drug-likeness (QED) is 0.0722. The monoisotopic (exact) mass is 424 g/mol. The zero-order valence-corrected chi connectivity index (χ0v) is 20.9. The van der Waals surface area contributed by atoms with Crippen molar-refractivity contribution in [3.05, 3.63) is 12.7 Å². The van der Waals surface area contributed by atoms with Gasteiger partial charge in [-0.25, -0.2) is 4.79 Å². The summed E-state index contributed by atoms with van der Waals surface area (Å²) < 4.78 is 6.44. The van der Waals surface area contributed by atoms with Crippen LogP contribution in [0.25, 0.3) is 0 Å². The lowest BCUT2D eigenvalue weighted by atomic mass is 10.1. The maximum absolute atomic E-state index is 11.4. The maximum Gasteiger partial charge on any atom is 0.330 e. The molecule has 0 aromatic rings. The van der Waals surface area contributed by atoms with E-state index >= 15 is 0 Å². The first-order valence-corrected chi connectivity index (χ1v) is 13.3. The summed E-state index contributed by atoms with van der Waals surface area (Å²) in [6.45, 7) is 15.4. The van der Waals surface area contributed by atoms with Gasteiger partial charge in [0.15, 0.2) is 0 Å². The Hall–Kier alpha value is -0.830. The highest BCUT2D eigenvalue weighted by Crippen LogP contribution is 2.16. The molecule has 0 N–H and O–H groups in total. The van der Waals surface area contributed by atoms with E-state index in [1.807, 2.05) is 0 Å². The predicted octanol–water partition coefficient (Wildman–Crippen LogP) is 7.83. The molecule has 1 atom stereocenters.